The van der Waals surface area contributed by atoms with Crippen LogP contribution in [0.5, 0.6) is 0 Å². The third kappa shape index (κ3) is 4.15. The molecule has 0 unspecified atom stereocenters. The van der Waals surface area contributed by atoms with E-state index in [1.807, 2.05) is 54.6 Å². The van der Waals surface area contributed by atoms with Crippen LogP contribution in [-0.4, -0.2) is 28.4 Å². The normalized spacial score (nSPS) is 12.8. The van der Waals surface area contributed by atoms with Crippen molar-refractivity contribution in [3.63, 3.8) is 0 Å². The van der Waals surface area contributed by atoms with Crippen molar-refractivity contribution in [2.24, 2.45) is 0 Å². The van der Waals surface area contributed by atoms with E-state index in [2.05, 4.69) is 19.9 Å². The van der Waals surface area contributed by atoms with Crippen LogP contribution in [-0.2, 0) is 26.9 Å². The minimum absolute atomic E-state index is 0. The van der Waals surface area contributed by atoms with Crippen molar-refractivity contribution in [1.82, 2.24) is 19.9 Å². The molecular weight excluding hydrogens is 487 g/mol. The summed E-state index contributed by atoms with van der Waals surface area (Å²) in [5.41, 5.74) is 5.97. The smallest absolute Gasteiger partial charge is 0.208 e. The van der Waals surface area contributed by atoms with E-state index in [1.165, 1.54) is 0 Å². The first-order chi connectivity index (χ1) is 16.0. The zero-order chi connectivity index (χ0) is 22.4. The molecule has 6 nitrogen and oxygen atoms in total. The Kier molecular flexibility index (Phi) is 5.57. The Balaban J connectivity index is 0.00000241. The molecule has 2 N–H and O–H groups in total. The largest absolute Gasteiger partial charge is 0.355 e. The molecule has 2 aliphatic heterocycles. The number of H-pyrrole nitrogens is 2. The van der Waals surface area contributed by atoms with E-state index in [-0.39, 0.29) is 26.9 Å². The zero-order valence-corrected chi connectivity index (χ0v) is 19.7. The minimum Gasteiger partial charge on any atom is -0.355 e. The Bertz CT molecular complexity index is 1730. The number of rotatable bonds is 2. The second-order valence-electron chi connectivity index (χ2n) is 7.86. The van der Waals surface area contributed by atoms with Crippen LogP contribution in [0.4, 0.5) is 0 Å². The molecular formula is C26H18MnN4O2S. The molecule has 6 rings (SSSR count). The molecule has 3 aromatic heterocycles. The van der Waals surface area contributed by atoms with E-state index < -0.39 is 9.84 Å². The van der Waals surface area contributed by atoms with Gasteiger partial charge in [0.2, 0.25) is 9.84 Å². The maximum absolute atomic E-state index is 13.4. The van der Waals surface area contributed by atoms with Crippen LogP contribution in [0.1, 0.15) is 22.8 Å². The maximum Gasteiger partial charge on any atom is 0.208 e. The van der Waals surface area contributed by atoms with Crippen LogP contribution in [0.2, 0.25) is 0 Å². The average molecular weight is 505 g/mol. The molecule has 5 heterocycles. The van der Waals surface area contributed by atoms with Crippen LogP contribution in [0.25, 0.3) is 45.2 Å². The van der Waals surface area contributed by atoms with Gasteiger partial charge in [0.25, 0.3) is 0 Å². The van der Waals surface area contributed by atoms with Gasteiger partial charge < -0.3 is 9.97 Å². The Morgan fingerprint density at radius 1 is 0.618 bits per heavy atom. The molecule has 0 saturated carbocycles. The Morgan fingerprint density at radius 2 is 1.18 bits per heavy atom. The molecule has 8 heteroatoms. The predicted molar refractivity (Wildman–Crippen MR) is 131 cm³/mol. The van der Waals surface area contributed by atoms with Gasteiger partial charge in [-0.1, -0.05) is 18.2 Å². The van der Waals surface area contributed by atoms with E-state index >= 15 is 0 Å². The number of nitrogens with one attached hydrogen (secondary N) is 2. The summed E-state index contributed by atoms with van der Waals surface area (Å²) < 4.78 is 26.9. The Labute approximate surface area is 206 Å². The van der Waals surface area contributed by atoms with Gasteiger partial charge in [-0.05, 0) is 78.9 Å². The SMILES string of the molecule is O=S(=O)(C1=Cc2cc3ccc(cc4ccc(cc5nc(cc1n2)C=C5)[nH]4)[nH]3)c1ccccc1.[Mn]. The van der Waals surface area contributed by atoms with Gasteiger partial charge in [0, 0.05) is 39.1 Å². The van der Waals surface area contributed by atoms with Gasteiger partial charge in [0.05, 0.1) is 32.6 Å². The van der Waals surface area contributed by atoms with Gasteiger partial charge in [-0.3, -0.25) is 0 Å². The van der Waals surface area contributed by atoms with Gasteiger partial charge in [0.15, 0.2) is 0 Å². The number of benzene rings is 1. The van der Waals surface area contributed by atoms with Crippen LogP contribution in [0.3, 0.4) is 0 Å². The summed E-state index contributed by atoms with van der Waals surface area (Å²) in [6.07, 6.45) is 5.36. The van der Waals surface area contributed by atoms with Crippen LogP contribution in [0.15, 0.2) is 83.8 Å². The molecule has 1 radical (unpaired) electrons. The van der Waals surface area contributed by atoms with E-state index in [9.17, 15) is 8.42 Å². The van der Waals surface area contributed by atoms with Crippen LogP contribution >= 0.6 is 0 Å². The molecule has 0 atom stereocenters. The number of fused-ring (bicyclic) bond motifs is 8. The van der Waals surface area contributed by atoms with Crippen molar-refractivity contribution in [3.8, 4) is 0 Å². The zero-order valence-electron chi connectivity index (χ0n) is 17.7. The fourth-order valence-electron chi connectivity index (χ4n) is 3.93. The first kappa shape index (κ1) is 22.1. The maximum atomic E-state index is 13.4. The number of nitrogens with zero attached hydrogens (tertiary/aromatic N) is 2. The molecule has 0 spiro atoms. The standard InChI is InChI=1S/C26H18N4O2S.Mn/c31-33(32,24-4-2-1-3-5-24)26-16-23-14-21-9-8-19(28-21)12-17-6-7-18(27-17)13-20-10-11-22(29-20)15-25(26)30-23;/h1-16,27-28H;. The molecule has 2 aliphatic rings. The fraction of sp³-hybridized carbons (Fsp3) is 0. The number of sulfone groups is 1. The number of aromatic amines is 2. The van der Waals surface area contributed by atoms with E-state index in [1.54, 1.807) is 42.5 Å². The molecule has 4 aromatic rings. The first-order valence-corrected chi connectivity index (χ1v) is 11.9. The number of aromatic nitrogens is 4. The summed E-state index contributed by atoms with van der Waals surface area (Å²) in [6, 6.07) is 23.8. The quantitative estimate of drug-likeness (QED) is 0.312. The summed E-state index contributed by atoms with van der Waals surface area (Å²) in [5.74, 6) is 0. The van der Waals surface area contributed by atoms with Crippen LogP contribution < -0.4 is 0 Å². The molecule has 167 valence electrons. The van der Waals surface area contributed by atoms with E-state index in [0.29, 0.717) is 17.1 Å². The third-order valence-corrected chi connectivity index (χ3v) is 7.27. The minimum atomic E-state index is -3.75. The topological polar surface area (TPSA) is 91.5 Å². The van der Waals surface area contributed by atoms with Gasteiger partial charge in [-0.15, -0.1) is 0 Å². The van der Waals surface area contributed by atoms with Gasteiger partial charge in [0.1, 0.15) is 0 Å². The van der Waals surface area contributed by atoms with Gasteiger partial charge in [-0.2, -0.15) is 0 Å². The van der Waals surface area contributed by atoms with Gasteiger partial charge >= 0.3 is 0 Å². The first-order valence-electron chi connectivity index (χ1n) is 10.4. The number of hydrogen-bond acceptors (Lipinski definition) is 4. The van der Waals surface area contributed by atoms with Crippen molar-refractivity contribution in [2.75, 3.05) is 0 Å². The second kappa shape index (κ2) is 8.57. The van der Waals surface area contributed by atoms with Crippen molar-refractivity contribution < 1.29 is 25.5 Å². The second-order valence-corrected chi connectivity index (χ2v) is 9.78. The van der Waals surface area contributed by atoms with Crippen molar-refractivity contribution in [2.45, 2.75) is 4.90 Å². The van der Waals surface area contributed by atoms with E-state index in [4.69, 9.17) is 0 Å². The summed E-state index contributed by atoms with van der Waals surface area (Å²) in [4.78, 5) is 16.3. The summed E-state index contributed by atoms with van der Waals surface area (Å²) >= 11 is 0. The summed E-state index contributed by atoms with van der Waals surface area (Å²) in [6.45, 7) is 0. The molecule has 0 amide bonds. The molecule has 0 fully saturated rings. The van der Waals surface area contributed by atoms with Crippen molar-refractivity contribution in [3.05, 3.63) is 102 Å². The molecule has 8 bridgehead atoms. The molecule has 0 saturated heterocycles. The van der Waals surface area contributed by atoms with Crippen molar-refractivity contribution >= 4 is 55.0 Å². The van der Waals surface area contributed by atoms with Crippen LogP contribution in [0, 0.1) is 0 Å². The molecule has 34 heavy (non-hydrogen) atoms. The monoisotopic (exact) mass is 505 g/mol. The Morgan fingerprint density at radius 3 is 1.82 bits per heavy atom. The summed E-state index contributed by atoms with van der Waals surface area (Å²) in [5, 5.41) is 0. The van der Waals surface area contributed by atoms with E-state index in [0.717, 1.165) is 27.8 Å². The molecule has 0 aliphatic carbocycles. The molecule has 1 aromatic carbocycles. The third-order valence-electron chi connectivity index (χ3n) is 5.47. The van der Waals surface area contributed by atoms with Gasteiger partial charge in [-0.25, -0.2) is 18.4 Å². The fourth-order valence-corrected chi connectivity index (χ4v) is 5.36. The predicted octanol–water partition coefficient (Wildman–Crippen LogP) is 5.45. The number of hydrogen-bond donors (Lipinski definition) is 2. The Hall–Kier alpha value is -3.71. The van der Waals surface area contributed by atoms with Crippen molar-refractivity contribution in [1.29, 1.82) is 0 Å². The summed E-state index contributed by atoms with van der Waals surface area (Å²) in [7, 11) is -3.75. The average Bonchev–Trinajstić information content (AvgIpc) is 3.59.